The van der Waals surface area contributed by atoms with Gasteiger partial charge in [0.25, 0.3) is 0 Å². The van der Waals surface area contributed by atoms with Gasteiger partial charge in [-0.05, 0) is 26.2 Å². The average molecular weight is 254 g/mol. The second-order valence-corrected chi connectivity index (χ2v) is 4.63. The zero-order valence-corrected chi connectivity index (χ0v) is 10.4. The van der Waals surface area contributed by atoms with Gasteiger partial charge in [-0.1, -0.05) is 19.8 Å². The summed E-state index contributed by atoms with van der Waals surface area (Å²) < 4.78 is 46.5. The minimum absolute atomic E-state index is 0.142. The molecule has 0 aromatic rings. The molecule has 3 unspecified atom stereocenters. The minimum Gasteiger partial charge on any atom is -0.378 e. The van der Waals surface area contributed by atoms with Crippen LogP contribution in [-0.4, -0.2) is 25.2 Å². The van der Waals surface area contributed by atoms with E-state index in [4.69, 9.17) is 4.74 Å². The van der Waals surface area contributed by atoms with Gasteiger partial charge in [-0.2, -0.15) is 0 Å². The summed E-state index contributed by atoms with van der Waals surface area (Å²) in [6, 6.07) is 0. The Morgan fingerprint density at radius 2 is 1.88 bits per heavy atom. The van der Waals surface area contributed by atoms with E-state index < -0.39 is 12.5 Å². The maximum atomic E-state index is 12.3. The zero-order valence-electron chi connectivity index (χ0n) is 10.4. The molecule has 0 amide bonds. The molecule has 0 N–H and O–H groups in total. The maximum absolute atomic E-state index is 12.3. The first kappa shape index (κ1) is 14.8. The Bertz CT molecular complexity index is 218. The van der Waals surface area contributed by atoms with Gasteiger partial charge in [0.05, 0.1) is 12.2 Å². The molecule has 5 heteroatoms. The first-order valence-corrected chi connectivity index (χ1v) is 6.30. The molecule has 102 valence electrons. The molecule has 0 radical (unpaired) electrons. The number of rotatable bonds is 5. The van der Waals surface area contributed by atoms with Crippen molar-refractivity contribution in [1.82, 2.24) is 0 Å². The van der Waals surface area contributed by atoms with Crippen molar-refractivity contribution in [1.29, 1.82) is 0 Å². The molecule has 0 aromatic carbocycles. The average Bonchev–Trinajstić information content (AvgIpc) is 2.24. The molecule has 0 aliphatic heterocycles. The van der Waals surface area contributed by atoms with E-state index in [0.29, 0.717) is 13.0 Å². The molecular formula is C12H21F3O2. The van der Waals surface area contributed by atoms with E-state index in [1.54, 1.807) is 0 Å². The second kappa shape index (κ2) is 6.59. The van der Waals surface area contributed by atoms with E-state index in [0.717, 1.165) is 25.7 Å². The smallest absolute Gasteiger partial charge is 0.378 e. The van der Waals surface area contributed by atoms with Crippen LogP contribution in [0.15, 0.2) is 0 Å². The Morgan fingerprint density at radius 3 is 2.47 bits per heavy atom. The van der Waals surface area contributed by atoms with Gasteiger partial charge in [0, 0.05) is 12.5 Å². The lowest BCUT2D eigenvalue weighted by Crippen LogP contribution is -2.39. The summed E-state index contributed by atoms with van der Waals surface area (Å²) >= 11 is 0. The van der Waals surface area contributed by atoms with Crippen molar-refractivity contribution < 1.29 is 22.6 Å². The molecule has 0 bridgehead atoms. The van der Waals surface area contributed by atoms with Crippen LogP contribution in [0, 0.1) is 5.92 Å². The van der Waals surface area contributed by atoms with Crippen LogP contribution in [0.1, 0.15) is 46.0 Å². The quantitative estimate of drug-likeness (QED) is 0.741. The molecule has 0 heterocycles. The molecule has 0 spiro atoms. The Hall–Kier alpha value is -0.290. The summed E-state index contributed by atoms with van der Waals surface area (Å²) in [7, 11) is 0. The predicted octanol–water partition coefficient (Wildman–Crippen LogP) is 3.90. The van der Waals surface area contributed by atoms with Crippen molar-refractivity contribution in [3.63, 3.8) is 0 Å². The standard InChI is InChI=1S/C12H21F3O2/c1-3-8-16-9(2)10-6-4-5-7-11(10)17-12(13,14)15/h9-11H,3-8H2,1-2H3. The van der Waals surface area contributed by atoms with E-state index in [-0.39, 0.29) is 12.0 Å². The van der Waals surface area contributed by atoms with Crippen LogP contribution in [0.3, 0.4) is 0 Å². The highest BCUT2D eigenvalue weighted by molar-refractivity contribution is 4.80. The topological polar surface area (TPSA) is 18.5 Å². The first-order valence-electron chi connectivity index (χ1n) is 6.30. The summed E-state index contributed by atoms with van der Waals surface area (Å²) in [5.41, 5.74) is 0. The van der Waals surface area contributed by atoms with E-state index in [9.17, 15) is 13.2 Å². The van der Waals surface area contributed by atoms with Gasteiger partial charge < -0.3 is 4.74 Å². The molecule has 17 heavy (non-hydrogen) atoms. The van der Waals surface area contributed by atoms with Gasteiger partial charge in [0.2, 0.25) is 0 Å². The van der Waals surface area contributed by atoms with Crippen LogP contribution in [0.5, 0.6) is 0 Å². The van der Waals surface area contributed by atoms with Crippen molar-refractivity contribution in [3.05, 3.63) is 0 Å². The molecule has 3 atom stereocenters. The number of ether oxygens (including phenoxy) is 2. The molecule has 1 aliphatic rings. The van der Waals surface area contributed by atoms with Gasteiger partial charge in [0.15, 0.2) is 0 Å². The SMILES string of the molecule is CCCOC(C)C1CCCCC1OC(F)(F)F. The third-order valence-corrected chi connectivity index (χ3v) is 3.23. The number of alkyl halides is 3. The summed E-state index contributed by atoms with van der Waals surface area (Å²) in [5, 5.41) is 0. The molecule has 1 aliphatic carbocycles. The van der Waals surface area contributed by atoms with E-state index in [1.807, 2.05) is 13.8 Å². The summed E-state index contributed by atoms with van der Waals surface area (Å²) in [6.45, 7) is 4.42. The van der Waals surface area contributed by atoms with Crippen LogP contribution in [0.25, 0.3) is 0 Å². The lowest BCUT2D eigenvalue weighted by atomic mass is 9.83. The molecule has 1 fully saturated rings. The van der Waals surface area contributed by atoms with E-state index in [1.165, 1.54) is 0 Å². The van der Waals surface area contributed by atoms with Crippen molar-refractivity contribution >= 4 is 0 Å². The lowest BCUT2D eigenvalue weighted by Gasteiger charge is -2.35. The highest BCUT2D eigenvalue weighted by atomic mass is 19.4. The second-order valence-electron chi connectivity index (χ2n) is 4.63. The highest BCUT2D eigenvalue weighted by Crippen LogP contribution is 2.34. The van der Waals surface area contributed by atoms with Crippen molar-refractivity contribution in [2.24, 2.45) is 5.92 Å². The normalized spacial score (nSPS) is 28.1. The number of hydrogen-bond donors (Lipinski definition) is 0. The van der Waals surface area contributed by atoms with Crippen molar-refractivity contribution in [2.75, 3.05) is 6.61 Å². The van der Waals surface area contributed by atoms with Gasteiger partial charge >= 0.3 is 6.36 Å². The van der Waals surface area contributed by atoms with E-state index in [2.05, 4.69) is 4.74 Å². The van der Waals surface area contributed by atoms with Gasteiger partial charge in [-0.25, -0.2) is 0 Å². The van der Waals surface area contributed by atoms with Crippen molar-refractivity contribution in [3.8, 4) is 0 Å². The summed E-state index contributed by atoms with van der Waals surface area (Å²) in [4.78, 5) is 0. The number of hydrogen-bond acceptors (Lipinski definition) is 2. The largest absolute Gasteiger partial charge is 0.522 e. The predicted molar refractivity (Wildman–Crippen MR) is 58.6 cm³/mol. The van der Waals surface area contributed by atoms with Crippen LogP contribution >= 0.6 is 0 Å². The third kappa shape index (κ3) is 5.25. The summed E-state index contributed by atoms with van der Waals surface area (Å²) in [6.07, 6.45) is -1.57. The Morgan fingerprint density at radius 1 is 1.24 bits per heavy atom. The van der Waals surface area contributed by atoms with Crippen molar-refractivity contribution in [2.45, 2.75) is 64.5 Å². The van der Waals surface area contributed by atoms with Gasteiger partial charge in [-0.3, -0.25) is 4.74 Å². The Balaban J connectivity index is 2.52. The molecule has 2 nitrogen and oxygen atoms in total. The number of halogens is 3. The Labute approximate surface area is 100 Å². The first-order chi connectivity index (χ1) is 7.94. The fourth-order valence-corrected chi connectivity index (χ4v) is 2.41. The van der Waals surface area contributed by atoms with Crippen LogP contribution in [-0.2, 0) is 9.47 Å². The highest BCUT2D eigenvalue weighted by Gasteiger charge is 2.39. The third-order valence-electron chi connectivity index (χ3n) is 3.23. The maximum Gasteiger partial charge on any atom is 0.522 e. The van der Waals surface area contributed by atoms with Gasteiger partial charge in [-0.15, -0.1) is 13.2 Å². The lowest BCUT2D eigenvalue weighted by molar-refractivity contribution is -0.353. The van der Waals surface area contributed by atoms with Crippen LogP contribution < -0.4 is 0 Å². The fourth-order valence-electron chi connectivity index (χ4n) is 2.41. The molecule has 1 saturated carbocycles. The molecular weight excluding hydrogens is 233 g/mol. The molecule has 0 aromatic heterocycles. The fraction of sp³-hybridized carbons (Fsp3) is 1.00. The molecule has 1 rings (SSSR count). The van der Waals surface area contributed by atoms with Crippen LogP contribution in [0.2, 0.25) is 0 Å². The van der Waals surface area contributed by atoms with E-state index >= 15 is 0 Å². The monoisotopic (exact) mass is 254 g/mol. The zero-order chi connectivity index (χ0) is 12.9. The van der Waals surface area contributed by atoms with Crippen LogP contribution in [0.4, 0.5) is 13.2 Å². The minimum atomic E-state index is -4.54. The summed E-state index contributed by atoms with van der Waals surface area (Å²) in [5.74, 6) is -0.142. The van der Waals surface area contributed by atoms with Gasteiger partial charge in [0.1, 0.15) is 0 Å². The molecule has 0 saturated heterocycles. The Kier molecular flexibility index (Phi) is 5.73.